The molecule has 0 aliphatic carbocycles. The molecule has 0 bridgehead atoms. The SMILES string of the molecule is CCCCCCC(C)NC(=NC)NCCc1cccc(C(=O)N(C)C)c1.I. The molecule has 1 amide bonds. The molecule has 0 saturated heterocycles. The fourth-order valence-corrected chi connectivity index (χ4v) is 2.82. The normalized spacial score (nSPS) is 12.1. The Morgan fingerprint density at radius 2 is 1.96 bits per heavy atom. The van der Waals surface area contributed by atoms with Crippen LogP contribution in [0.3, 0.4) is 0 Å². The lowest BCUT2D eigenvalue weighted by Gasteiger charge is -2.18. The summed E-state index contributed by atoms with van der Waals surface area (Å²) in [4.78, 5) is 18.0. The van der Waals surface area contributed by atoms with Crippen molar-refractivity contribution in [2.75, 3.05) is 27.7 Å². The number of hydrogen-bond donors (Lipinski definition) is 2. The first kappa shape index (κ1) is 25.7. The summed E-state index contributed by atoms with van der Waals surface area (Å²) >= 11 is 0. The van der Waals surface area contributed by atoms with Crippen molar-refractivity contribution < 1.29 is 4.79 Å². The molecule has 5 nitrogen and oxygen atoms in total. The molecule has 1 unspecified atom stereocenters. The van der Waals surface area contributed by atoms with Gasteiger partial charge in [0.05, 0.1) is 0 Å². The molecule has 2 N–H and O–H groups in total. The highest BCUT2D eigenvalue weighted by Gasteiger charge is 2.08. The van der Waals surface area contributed by atoms with Gasteiger partial charge in [-0.25, -0.2) is 0 Å². The van der Waals surface area contributed by atoms with Gasteiger partial charge in [0.15, 0.2) is 5.96 Å². The topological polar surface area (TPSA) is 56.7 Å². The van der Waals surface area contributed by atoms with Gasteiger partial charge in [-0.15, -0.1) is 24.0 Å². The fraction of sp³-hybridized carbons (Fsp3) is 0.619. The molecule has 27 heavy (non-hydrogen) atoms. The molecule has 0 aromatic heterocycles. The maximum Gasteiger partial charge on any atom is 0.253 e. The Bertz CT molecular complexity index is 575. The van der Waals surface area contributed by atoms with E-state index in [1.807, 2.05) is 18.2 Å². The van der Waals surface area contributed by atoms with Crippen molar-refractivity contribution >= 4 is 35.8 Å². The Labute approximate surface area is 182 Å². The van der Waals surface area contributed by atoms with E-state index >= 15 is 0 Å². The summed E-state index contributed by atoms with van der Waals surface area (Å²) in [6, 6.07) is 8.24. The van der Waals surface area contributed by atoms with E-state index < -0.39 is 0 Å². The Morgan fingerprint density at radius 3 is 2.59 bits per heavy atom. The van der Waals surface area contributed by atoms with Gasteiger partial charge in [-0.3, -0.25) is 9.79 Å². The number of benzene rings is 1. The average Bonchev–Trinajstić information content (AvgIpc) is 2.64. The van der Waals surface area contributed by atoms with E-state index in [0.29, 0.717) is 6.04 Å². The second-order valence-corrected chi connectivity index (χ2v) is 7.04. The number of halogens is 1. The lowest BCUT2D eigenvalue weighted by molar-refractivity contribution is 0.0827. The molecule has 1 aromatic carbocycles. The van der Waals surface area contributed by atoms with Gasteiger partial charge in [0.25, 0.3) is 5.91 Å². The van der Waals surface area contributed by atoms with Gasteiger partial charge in [0.1, 0.15) is 0 Å². The van der Waals surface area contributed by atoms with E-state index in [2.05, 4.69) is 35.5 Å². The van der Waals surface area contributed by atoms with Gasteiger partial charge in [-0.1, -0.05) is 44.7 Å². The van der Waals surface area contributed by atoms with E-state index in [0.717, 1.165) is 36.5 Å². The predicted octanol–water partition coefficient (Wildman–Crippen LogP) is 4.07. The summed E-state index contributed by atoms with van der Waals surface area (Å²) in [7, 11) is 5.35. The minimum absolute atomic E-state index is 0. The van der Waals surface area contributed by atoms with Crippen LogP contribution in [0.4, 0.5) is 0 Å². The summed E-state index contributed by atoms with van der Waals surface area (Å²) in [5.74, 6) is 0.877. The molecule has 0 aliphatic heterocycles. The minimum Gasteiger partial charge on any atom is -0.356 e. The van der Waals surface area contributed by atoms with Crippen LogP contribution in [0, 0.1) is 0 Å². The van der Waals surface area contributed by atoms with Crippen LogP contribution < -0.4 is 10.6 Å². The maximum atomic E-state index is 12.1. The first-order chi connectivity index (χ1) is 12.5. The summed E-state index contributed by atoms with van der Waals surface area (Å²) in [5, 5.41) is 6.82. The molecule has 1 aromatic rings. The standard InChI is InChI=1S/C21H36N4O.HI/c1-6-7-8-9-11-17(2)24-21(22-3)23-15-14-18-12-10-13-19(16-18)20(26)25(4)5;/h10,12-13,16-17H,6-9,11,14-15H2,1-5H3,(H2,22,23,24);1H. The van der Waals surface area contributed by atoms with Crippen molar-refractivity contribution in [3.63, 3.8) is 0 Å². The number of amides is 1. The van der Waals surface area contributed by atoms with Gasteiger partial charge in [0.2, 0.25) is 0 Å². The van der Waals surface area contributed by atoms with Crippen LogP contribution in [0.15, 0.2) is 29.3 Å². The Hall–Kier alpha value is -1.31. The minimum atomic E-state index is 0. The Morgan fingerprint density at radius 1 is 1.22 bits per heavy atom. The summed E-state index contributed by atoms with van der Waals surface area (Å²) in [6.45, 7) is 5.22. The van der Waals surface area contributed by atoms with Crippen LogP contribution in [-0.4, -0.2) is 50.5 Å². The first-order valence-electron chi connectivity index (χ1n) is 9.75. The van der Waals surface area contributed by atoms with Crippen molar-refractivity contribution in [3.8, 4) is 0 Å². The molecule has 0 spiro atoms. The van der Waals surface area contributed by atoms with Gasteiger partial charge >= 0.3 is 0 Å². The van der Waals surface area contributed by atoms with Gasteiger partial charge in [-0.05, 0) is 37.5 Å². The number of aliphatic imine (C=N–C) groups is 1. The third kappa shape index (κ3) is 10.6. The van der Waals surface area contributed by atoms with Gasteiger partial charge in [0, 0.05) is 39.3 Å². The molecule has 6 heteroatoms. The van der Waals surface area contributed by atoms with Crippen molar-refractivity contribution in [1.82, 2.24) is 15.5 Å². The fourth-order valence-electron chi connectivity index (χ4n) is 2.82. The van der Waals surface area contributed by atoms with E-state index in [1.54, 1.807) is 26.0 Å². The van der Waals surface area contributed by atoms with Crippen molar-refractivity contribution in [1.29, 1.82) is 0 Å². The Kier molecular flexibility index (Phi) is 14.0. The number of carbonyl (C=O) groups is 1. The third-order valence-electron chi connectivity index (χ3n) is 4.38. The number of nitrogens with zero attached hydrogens (tertiary/aromatic N) is 2. The van der Waals surface area contributed by atoms with E-state index in [-0.39, 0.29) is 29.9 Å². The number of nitrogens with one attached hydrogen (secondary N) is 2. The predicted molar refractivity (Wildman–Crippen MR) is 126 cm³/mol. The highest BCUT2D eigenvalue weighted by Crippen LogP contribution is 2.08. The van der Waals surface area contributed by atoms with Crippen LogP contribution >= 0.6 is 24.0 Å². The lowest BCUT2D eigenvalue weighted by atomic mass is 10.1. The molecule has 0 heterocycles. The third-order valence-corrected chi connectivity index (χ3v) is 4.38. The molecular formula is C21H37IN4O. The number of rotatable bonds is 10. The molecule has 1 atom stereocenters. The van der Waals surface area contributed by atoms with E-state index in [9.17, 15) is 4.79 Å². The van der Waals surface area contributed by atoms with E-state index in [4.69, 9.17) is 0 Å². The lowest BCUT2D eigenvalue weighted by Crippen LogP contribution is -2.42. The monoisotopic (exact) mass is 488 g/mol. The molecular weight excluding hydrogens is 451 g/mol. The second-order valence-electron chi connectivity index (χ2n) is 7.04. The van der Waals surface area contributed by atoms with Crippen LogP contribution in [-0.2, 0) is 6.42 Å². The number of hydrogen-bond acceptors (Lipinski definition) is 2. The quantitative estimate of drug-likeness (QED) is 0.226. The van der Waals surface area contributed by atoms with Crippen LogP contribution in [0.1, 0.15) is 61.9 Å². The van der Waals surface area contributed by atoms with Crippen molar-refractivity contribution in [3.05, 3.63) is 35.4 Å². The average molecular weight is 488 g/mol. The van der Waals surface area contributed by atoms with Crippen LogP contribution in [0.2, 0.25) is 0 Å². The van der Waals surface area contributed by atoms with Crippen molar-refractivity contribution in [2.24, 2.45) is 4.99 Å². The number of carbonyl (C=O) groups excluding carboxylic acids is 1. The first-order valence-corrected chi connectivity index (χ1v) is 9.75. The molecule has 1 rings (SSSR count). The smallest absolute Gasteiger partial charge is 0.253 e. The molecule has 154 valence electrons. The van der Waals surface area contributed by atoms with Crippen molar-refractivity contribution in [2.45, 2.75) is 58.4 Å². The van der Waals surface area contributed by atoms with E-state index in [1.165, 1.54) is 25.7 Å². The summed E-state index contributed by atoms with van der Waals surface area (Å²) in [5.41, 5.74) is 1.88. The highest BCUT2D eigenvalue weighted by atomic mass is 127. The maximum absolute atomic E-state index is 12.1. The number of guanidine groups is 1. The second kappa shape index (κ2) is 14.7. The zero-order valence-corrected chi connectivity index (χ0v) is 19.9. The largest absolute Gasteiger partial charge is 0.356 e. The Balaban J connectivity index is 0.00000676. The molecule has 0 fully saturated rings. The molecule has 0 saturated carbocycles. The summed E-state index contributed by atoms with van der Waals surface area (Å²) in [6.07, 6.45) is 7.15. The molecule has 0 radical (unpaired) electrons. The zero-order chi connectivity index (χ0) is 19.4. The van der Waals surface area contributed by atoms with Crippen LogP contribution in [0.5, 0.6) is 0 Å². The zero-order valence-electron chi connectivity index (χ0n) is 17.5. The van der Waals surface area contributed by atoms with Gasteiger partial charge in [-0.2, -0.15) is 0 Å². The number of unbranched alkanes of at least 4 members (excludes halogenated alkanes) is 3. The summed E-state index contributed by atoms with van der Waals surface area (Å²) < 4.78 is 0. The highest BCUT2D eigenvalue weighted by molar-refractivity contribution is 14.0. The van der Waals surface area contributed by atoms with Crippen LogP contribution in [0.25, 0.3) is 0 Å². The van der Waals surface area contributed by atoms with Gasteiger partial charge < -0.3 is 15.5 Å². The molecule has 0 aliphatic rings.